The van der Waals surface area contributed by atoms with E-state index in [0.717, 1.165) is 31.4 Å². The fourth-order valence-electron chi connectivity index (χ4n) is 2.39. The number of rotatable bonds is 5. The first-order chi connectivity index (χ1) is 9.20. The van der Waals surface area contributed by atoms with Crippen molar-refractivity contribution in [2.24, 2.45) is 5.73 Å². The summed E-state index contributed by atoms with van der Waals surface area (Å²) in [5, 5.41) is 14.2. The van der Waals surface area contributed by atoms with E-state index in [9.17, 15) is 10.1 Å². The molecule has 1 aromatic rings. The van der Waals surface area contributed by atoms with E-state index in [4.69, 9.17) is 5.73 Å². The lowest BCUT2D eigenvalue weighted by molar-refractivity contribution is -0.384. The van der Waals surface area contributed by atoms with Gasteiger partial charge in [-0.05, 0) is 36.9 Å². The third-order valence-corrected chi connectivity index (χ3v) is 3.41. The maximum Gasteiger partial charge on any atom is 0.270 e. The molecule has 3 N–H and O–H groups in total. The van der Waals surface area contributed by atoms with Crippen LogP contribution in [0.1, 0.15) is 24.8 Å². The van der Waals surface area contributed by atoms with E-state index in [1.54, 1.807) is 12.1 Å². The Bertz CT molecular complexity index is 485. The molecule has 1 atom stereocenters. The molecule has 0 aromatic heterocycles. The van der Waals surface area contributed by atoms with Crippen LogP contribution in [0.4, 0.5) is 5.69 Å². The fourth-order valence-corrected chi connectivity index (χ4v) is 2.39. The lowest BCUT2D eigenvalue weighted by Crippen LogP contribution is -2.33. The zero-order valence-electron chi connectivity index (χ0n) is 10.8. The molecule has 0 spiro atoms. The van der Waals surface area contributed by atoms with Gasteiger partial charge in [0.25, 0.3) is 5.69 Å². The number of hydrogen-bond donors (Lipinski definition) is 2. The highest BCUT2D eigenvalue weighted by Crippen LogP contribution is 2.26. The van der Waals surface area contributed by atoms with Crippen molar-refractivity contribution in [1.82, 2.24) is 5.32 Å². The van der Waals surface area contributed by atoms with Gasteiger partial charge in [-0.25, -0.2) is 0 Å². The molecule has 0 fully saturated rings. The summed E-state index contributed by atoms with van der Waals surface area (Å²) in [5.41, 5.74) is 7.81. The molecule has 0 saturated carbocycles. The Morgan fingerprint density at radius 1 is 1.47 bits per heavy atom. The average molecular weight is 261 g/mol. The molecule has 1 aliphatic rings. The lowest BCUT2D eigenvalue weighted by Gasteiger charge is -2.24. The molecule has 1 heterocycles. The molecular formula is C14H19N3O2. The first-order valence-corrected chi connectivity index (χ1v) is 6.58. The van der Waals surface area contributed by atoms with Crippen molar-refractivity contribution in [2.45, 2.75) is 25.3 Å². The van der Waals surface area contributed by atoms with Gasteiger partial charge in [0.05, 0.1) is 4.92 Å². The number of non-ortho nitro benzene ring substituents is 1. The highest BCUT2D eigenvalue weighted by Gasteiger charge is 2.17. The Labute approximate surface area is 112 Å². The van der Waals surface area contributed by atoms with Crippen LogP contribution in [-0.2, 0) is 0 Å². The summed E-state index contributed by atoms with van der Waals surface area (Å²) in [5.74, 6) is 0. The largest absolute Gasteiger partial charge is 0.330 e. The fraction of sp³-hybridized carbons (Fsp3) is 0.429. The van der Waals surface area contributed by atoms with Crippen molar-refractivity contribution in [3.05, 3.63) is 46.0 Å². The second-order valence-corrected chi connectivity index (χ2v) is 4.78. The second kappa shape index (κ2) is 6.45. The molecule has 0 amide bonds. The number of nitro benzene ring substituents is 1. The molecule has 1 unspecified atom stereocenters. The zero-order chi connectivity index (χ0) is 13.7. The quantitative estimate of drug-likeness (QED) is 0.628. The Morgan fingerprint density at radius 2 is 2.32 bits per heavy atom. The molecule has 5 heteroatoms. The second-order valence-electron chi connectivity index (χ2n) is 4.78. The summed E-state index contributed by atoms with van der Waals surface area (Å²) < 4.78 is 0. The number of nitrogens with zero attached hydrogens (tertiary/aromatic N) is 1. The summed E-state index contributed by atoms with van der Waals surface area (Å²) in [6.45, 7) is 1.52. The smallest absolute Gasteiger partial charge is 0.270 e. The molecule has 0 bridgehead atoms. The summed E-state index contributed by atoms with van der Waals surface area (Å²) in [6.07, 6.45) is 5.06. The van der Waals surface area contributed by atoms with Gasteiger partial charge in [-0.3, -0.25) is 10.1 Å². The van der Waals surface area contributed by atoms with Crippen LogP contribution in [0.15, 0.2) is 30.3 Å². The van der Waals surface area contributed by atoms with Crippen molar-refractivity contribution >= 4 is 11.3 Å². The monoisotopic (exact) mass is 261 g/mol. The number of nitrogens with two attached hydrogens (primary N) is 1. The number of nitrogens with one attached hydrogen (secondary N) is 1. The molecule has 5 nitrogen and oxygen atoms in total. The van der Waals surface area contributed by atoms with Crippen molar-refractivity contribution in [2.75, 3.05) is 13.1 Å². The van der Waals surface area contributed by atoms with E-state index in [0.29, 0.717) is 12.6 Å². The van der Waals surface area contributed by atoms with Gasteiger partial charge in [0.1, 0.15) is 0 Å². The van der Waals surface area contributed by atoms with Crippen molar-refractivity contribution in [1.29, 1.82) is 0 Å². The SMILES string of the molecule is NCCCC1CC(c2cccc([N+](=O)[O-])c2)=CCN1. The zero-order valence-corrected chi connectivity index (χ0v) is 10.8. The van der Waals surface area contributed by atoms with E-state index < -0.39 is 0 Å². The average Bonchev–Trinajstić information content (AvgIpc) is 2.45. The van der Waals surface area contributed by atoms with E-state index in [1.165, 1.54) is 11.6 Å². The van der Waals surface area contributed by atoms with Crippen molar-refractivity contribution in [3.8, 4) is 0 Å². The van der Waals surface area contributed by atoms with Gasteiger partial charge in [-0.2, -0.15) is 0 Å². The maximum atomic E-state index is 10.8. The van der Waals surface area contributed by atoms with Gasteiger partial charge in [0.15, 0.2) is 0 Å². The van der Waals surface area contributed by atoms with Crippen LogP contribution in [0.5, 0.6) is 0 Å². The molecule has 1 aromatic carbocycles. The highest BCUT2D eigenvalue weighted by molar-refractivity contribution is 5.68. The van der Waals surface area contributed by atoms with Crippen LogP contribution in [-0.4, -0.2) is 24.1 Å². The van der Waals surface area contributed by atoms with Crippen LogP contribution in [0.2, 0.25) is 0 Å². The first kappa shape index (κ1) is 13.7. The highest BCUT2D eigenvalue weighted by atomic mass is 16.6. The molecule has 1 aliphatic heterocycles. The van der Waals surface area contributed by atoms with Crippen LogP contribution in [0.3, 0.4) is 0 Å². The normalized spacial score (nSPS) is 19.0. The van der Waals surface area contributed by atoms with E-state index >= 15 is 0 Å². The third kappa shape index (κ3) is 3.62. The van der Waals surface area contributed by atoms with E-state index in [-0.39, 0.29) is 10.6 Å². The van der Waals surface area contributed by atoms with Gasteiger partial charge < -0.3 is 11.1 Å². The number of nitro groups is 1. The Kier molecular flexibility index (Phi) is 4.65. The van der Waals surface area contributed by atoms with Gasteiger partial charge in [0.2, 0.25) is 0 Å². The summed E-state index contributed by atoms with van der Waals surface area (Å²) in [6, 6.07) is 7.27. The third-order valence-electron chi connectivity index (χ3n) is 3.41. The Morgan fingerprint density at radius 3 is 3.05 bits per heavy atom. The number of benzene rings is 1. The van der Waals surface area contributed by atoms with Gasteiger partial charge in [0, 0.05) is 24.7 Å². The Balaban J connectivity index is 2.11. The molecule has 0 saturated heterocycles. The van der Waals surface area contributed by atoms with Crippen LogP contribution in [0, 0.1) is 10.1 Å². The molecular weight excluding hydrogens is 242 g/mol. The molecule has 19 heavy (non-hydrogen) atoms. The minimum absolute atomic E-state index is 0.149. The summed E-state index contributed by atoms with van der Waals surface area (Å²) >= 11 is 0. The molecule has 0 aliphatic carbocycles. The van der Waals surface area contributed by atoms with E-state index in [1.807, 2.05) is 6.07 Å². The summed E-state index contributed by atoms with van der Waals surface area (Å²) in [4.78, 5) is 10.5. The van der Waals surface area contributed by atoms with Crippen LogP contribution < -0.4 is 11.1 Å². The van der Waals surface area contributed by atoms with Crippen molar-refractivity contribution in [3.63, 3.8) is 0 Å². The minimum atomic E-state index is -0.350. The predicted molar refractivity (Wildman–Crippen MR) is 75.8 cm³/mol. The molecule has 102 valence electrons. The summed E-state index contributed by atoms with van der Waals surface area (Å²) in [7, 11) is 0. The van der Waals surface area contributed by atoms with Gasteiger partial charge in [-0.1, -0.05) is 18.2 Å². The van der Waals surface area contributed by atoms with Crippen LogP contribution >= 0.6 is 0 Å². The number of hydrogen-bond acceptors (Lipinski definition) is 4. The minimum Gasteiger partial charge on any atom is -0.330 e. The van der Waals surface area contributed by atoms with E-state index in [2.05, 4.69) is 11.4 Å². The van der Waals surface area contributed by atoms with Crippen molar-refractivity contribution < 1.29 is 4.92 Å². The van der Waals surface area contributed by atoms with Crippen LogP contribution in [0.25, 0.3) is 5.57 Å². The van der Waals surface area contributed by atoms with Gasteiger partial charge >= 0.3 is 0 Å². The maximum absolute atomic E-state index is 10.8. The molecule has 0 radical (unpaired) electrons. The first-order valence-electron chi connectivity index (χ1n) is 6.58. The topological polar surface area (TPSA) is 81.2 Å². The van der Waals surface area contributed by atoms with Gasteiger partial charge in [-0.15, -0.1) is 0 Å². The standard InChI is InChI=1S/C14H19N3O2/c15-7-2-4-13-9-12(6-8-16-13)11-3-1-5-14(10-11)17(18)19/h1,3,5-6,10,13,16H,2,4,7-9,15H2. The Hall–Kier alpha value is -1.72. The predicted octanol–water partition coefficient (Wildman–Crippen LogP) is 2.08. The lowest BCUT2D eigenvalue weighted by atomic mass is 9.93. The molecule has 2 rings (SSSR count).